The van der Waals surface area contributed by atoms with Crippen molar-refractivity contribution < 1.29 is 9.21 Å². The number of nitrogens with one attached hydrogen (secondary N) is 1. The Kier molecular flexibility index (Phi) is 5.20. The molecular weight excluding hydrogens is 366 g/mol. The van der Waals surface area contributed by atoms with E-state index in [2.05, 4.69) is 52.2 Å². The van der Waals surface area contributed by atoms with Crippen molar-refractivity contribution >= 4 is 23.2 Å². The molecule has 3 heterocycles. The Hall–Kier alpha value is -3.35. The van der Waals surface area contributed by atoms with Gasteiger partial charge in [0.15, 0.2) is 5.76 Å². The number of furan rings is 1. The number of aryl methyl sites for hydroxylation is 3. The number of carbonyl (C=O) groups excluding carboxylic acids is 1. The molecule has 1 N–H and O–H groups in total. The van der Waals surface area contributed by atoms with E-state index in [1.807, 2.05) is 17.9 Å². The summed E-state index contributed by atoms with van der Waals surface area (Å²) in [6.45, 7) is 8.75. The molecule has 3 aromatic rings. The Bertz CT molecular complexity index is 1010. The highest BCUT2D eigenvalue weighted by atomic mass is 16.3. The van der Waals surface area contributed by atoms with Gasteiger partial charge >= 0.3 is 0 Å². The minimum absolute atomic E-state index is 0.0641. The third-order valence-electron chi connectivity index (χ3n) is 5.09. The molecule has 1 amide bonds. The molecule has 2 aromatic heterocycles. The predicted octanol–water partition coefficient (Wildman–Crippen LogP) is 3.70. The molecule has 1 saturated heterocycles. The highest BCUT2D eigenvalue weighted by molar-refractivity contribution is 5.91. The maximum absolute atomic E-state index is 12.4. The van der Waals surface area contributed by atoms with Crippen LogP contribution in [0.5, 0.6) is 0 Å². The van der Waals surface area contributed by atoms with Gasteiger partial charge in [0, 0.05) is 37.9 Å². The topological polar surface area (TPSA) is 74.5 Å². The van der Waals surface area contributed by atoms with Crippen molar-refractivity contribution in [3.05, 3.63) is 65.4 Å². The van der Waals surface area contributed by atoms with Gasteiger partial charge in [0.1, 0.15) is 17.5 Å². The van der Waals surface area contributed by atoms with Gasteiger partial charge in [-0.15, -0.1) is 0 Å². The van der Waals surface area contributed by atoms with Gasteiger partial charge in [0.05, 0.1) is 6.26 Å². The second kappa shape index (κ2) is 7.95. The first-order valence-corrected chi connectivity index (χ1v) is 9.77. The fourth-order valence-electron chi connectivity index (χ4n) is 3.56. The second-order valence-corrected chi connectivity index (χ2v) is 7.36. The molecule has 4 rings (SSSR count). The van der Waals surface area contributed by atoms with Crippen molar-refractivity contribution in [2.75, 3.05) is 36.4 Å². The maximum Gasteiger partial charge on any atom is 0.289 e. The van der Waals surface area contributed by atoms with Crippen molar-refractivity contribution in [2.45, 2.75) is 20.8 Å². The Morgan fingerprint density at radius 3 is 2.52 bits per heavy atom. The monoisotopic (exact) mass is 391 g/mol. The van der Waals surface area contributed by atoms with Gasteiger partial charge in [0.25, 0.3) is 5.91 Å². The molecule has 1 aromatic carbocycles. The van der Waals surface area contributed by atoms with E-state index in [4.69, 9.17) is 4.42 Å². The molecule has 7 nitrogen and oxygen atoms in total. The molecule has 0 spiro atoms. The van der Waals surface area contributed by atoms with E-state index in [0.29, 0.717) is 37.8 Å². The van der Waals surface area contributed by atoms with Crippen LogP contribution in [0.15, 0.2) is 47.1 Å². The zero-order valence-electron chi connectivity index (χ0n) is 17.0. The summed E-state index contributed by atoms with van der Waals surface area (Å²) in [5.41, 5.74) is 3.44. The van der Waals surface area contributed by atoms with Gasteiger partial charge in [-0.25, -0.2) is 9.97 Å². The van der Waals surface area contributed by atoms with E-state index >= 15 is 0 Å². The van der Waals surface area contributed by atoms with E-state index in [1.54, 1.807) is 12.1 Å². The first-order valence-electron chi connectivity index (χ1n) is 9.77. The Morgan fingerprint density at radius 2 is 1.83 bits per heavy atom. The molecule has 0 unspecified atom stereocenters. The van der Waals surface area contributed by atoms with Gasteiger partial charge in [-0.05, 0) is 44.5 Å². The summed E-state index contributed by atoms with van der Waals surface area (Å²) in [6.07, 6.45) is 1.53. The average molecular weight is 391 g/mol. The number of aromatic nitrogens is 2. The third-order valence-corrected chi connectivity index (χ3v) is 5.09. The van der Waals surface area contributed by atoms with Crippen molar-refractivity contribution in [1.82, 2.24) is 14.9 Å². The quantitative estimate of drug-likeness (QED) is 0.731. The Labute approximate surface area is 170 Å². The molecule has 7 heteroatoms. The molecular formula is C22H25N5O2. The van der Waals surface area contributed by atoms with Crippen LogP contribution in [0, 0.1) is 20.8 Å². The van der Waals surface area contributed by atoms with E-state index in [-0.39, 0.29) is 5.91 Å². The Balaban J connectivity index is 1.46. The predicted molar refractivity (Wildman–Crippen MR) is 113 cm³/mol. The van der Waals surface area contributed by atoms with Crippen LogP contribution in [0.25, 0.3) is 0 Å². The van der Waals surface area contributed by atoms with Gasteiger partial charge < -0.3 is 19.5 Å². The van der Waals surface area contributed by atoms with Gasteiger partial charge in [-0.2, -0.15) is 0 Å². The number of anilines is 3. The number of piperazine rings is 1. The lowest BCUT2D eigenvalue weighted by Crippen LogP contribution is -2.49. The van der Waals surface area contributed by atoms with E-state index in [9.17, 15) is 4.79 Å². The molecule has 0 bridgehead atoms. The van der Waals surface area contributed by atoms with Crippen LogP contribution in [0.4, 0.5) is 17.3 Å². The van der Waals surface area contributed by atoms with Crippen LogP contribution < -0.4 is 10.2 Å². The summed E-state index contributed by atoms with van der Waals surface area (Å²) in [6, 6.07) is 11.7. The van der Waals surface area contributed by atoms with E-state index < -0.39 is 0 Å². The van der Waals surface area contributed by atoms with Crippen molar-refractivity contribution in [3.8, 4) is 0 Å². The highest BCUT2D eigenvalue weighted by Gasteiger charge is 2.24. The summed E-state index contributed by atoms with van der Waals surface area (Å²) in [4.78, 5) is 25.6. The number of hydrogen-bond acceptors (Lipinski definition) is 6. The molecule has 29 heavy (non-hydrogen) atoms. The van der Waals surface area contributed by atoms with Crippen molar-refractivity contribution in [2.24, 2.45) is 0 Å². The van der Waals surface area contributed by atoms with Crippen molar-refractivity contribution in [3.63, 3.8) is 0 Å². The van der Waals surface area contributed by atoms with Crippen LogP contribution in [0.1, 0.15) is 27.5 Å². The van der Waals surface area contributed by atoms with Crippen LogP contribution in [-0.2, 0) is 0 Å². The van der Waals surface area contributed by atoms with Crippen LogP contribution in [0.3, 0.4) is 0 Å². The molecule has 150 valence electrons. The van der Waals surface area contributed by atoms with Gasteiger partial charge in [-0.1, -0.05) is 17.7 Å². The molecule has 0 saturated carbocycles. The fourth-order valence-corrected chi connectivity index (χ4v) is 3.56. The van der Waals surface area contributed by atoms with Crippen LogP contribution in [-0.4, -0.2) is 47.0 Å². The lowest BCUT2D eigenvalue weighted by atomic mass is 10.1. The van der Waals surface area contributed by atoms with Crippen LogP contribution >= 0.6 is 0 Å². The first-order chi connectivity index (χ1) is 14.0. The number of benzene rings is 1. The number of nitrogens with zero attached hydrogens (tertiary/aromatic N) is 4. The highest BCUT2D eigenvalue weighted by Crippen LogP contribution is 2.24. The molecule has 1 aliphatic heterocycles. The van der Waals surface area contributed by atoms with Crippen LogP contribution in [0.2, 0.25) is 0 Å². The largest absolute Gasteiger partial charge is 0.459 e. The summed E-state index contributed by atoms with van der Waals surface area (Å²) in [5, 5.41) is 3.41. The maximum atomic E-state index is 12.4. The minimum Gasteiger partial charge on any atom is -0.459 e. The number of hydrogen-bond donors (Lipinski definition) is 1. The van der Waals surface area contributed by atoms with E-state index in [1.165, 1.54) is 17.4 Å². The standard InChI is InChI=1S/C22H25N5O2/c1-15-6-7-18(16(2)13-15)25-20-14-21(24-17(3)23-20)26-8-10-27(11-9-26)22(28)19-5-4-12-29-19/h4-7,12-14H,8-11H2,1-3H3,(H,23,24,25). The van der Waals surface area contributed by atoms with E-state index in [0.717, 1.165) is 17.3 Å². The second-order valence-electron chi connectivity index (χ2n) is 7.36. The average Bonchev–Trinajstić information content (AvgIpc) is 3.24. The molecule has 0 aliphatic carbocycles. The third kappa shape index (κ3) is 4.23. The lowest BCUT2D eigenvalue weighted by Gasteiger charge is -2.35. The normalized spacial score (nSPS) is 14.2. The minimum atomic E-state index is -0.0641. The van der Waals surface area contributed by atoms with Gasteiger partial charge in [-0.3, -0.25) is 4.79 Å². The number of rotatable bonds is 4. The van der Waals surface area contributed by atoms with Crippen molar-refractivity contribution in [1.29, 1.82) is 0 Å². The molecule has 1 fully saturated rings. The SMILES string of the molecule is Cc1ccc(Nc2cc(N3CCN(C(=O)c4ccco4)CC3)nc(C)n2)c(C)c1. The summed E-state index contributed by atoms with van der Waals surface area (Å²) < 4.78 is 5.23. The summed E-state index contributed by atoms with van der Waals surface area (Å²) in [5.74, 6) is 2.68. The lowest BCUT2D eigenvalue weighted by molar-refractivity contribution is 0.0714. The smallest absolute Gasteiger partial charge is 0.289 e. The molecule has 1 aliphatic rings. The zero-order valence-corrected chi connectivity index (χ0v) is 17.0. The number of amides is 1. The molecule has 0 atom stereocenters. The van der Waals surface area contributed by atoms with Gasteiger partial charge in [0.2, 0.25) is 0 Å². The Morgan fingerprint density at radius 1 is 1.03 bits per heavy atom. The zero-order chi connectivity index (χ0) is 20.4. The summed E-state index contributed by atoms with van der Waals surface area (Å²) in [7, 11) is 0. The molecule has 0 radical (unpaired) electrons. The summed E-state index contributed by atoms with van der Waals surface area (Å²) >= 11 is 0. The number of carbonyl (C=O) groups is 1. The first kappa shape index (κ1) is 19.0. The fraction of sp³-hybridized carbons (Fsp3) is 0.318.